The second-order valence-corrected chi connectivity index (χ2v) is 5.05. The Morgan fingerprint density at radius 2 is 2.11 bits per heavy atom. The normalized spacial score (nSPS) is 12.4. The molecule has 94 valence electrons. The largest absolute Gasteiger partial charge is 0.261 e. The molecular weight excluding hydrogens is 272 g/mol. The molecule has 0 amide bonds. The predicted molar refractivity (Wildman–Crippen MR) is 72.7 cm³/mol. The van der Waals surface area contributed by atoms with Crippen LogP contribution in [0.4, 0.5) is 4.39 Å². The molecule has 1 aromatic carbocycles. The Balaban J connectivity index is 2.19. The fraction of sp³-hybridized carbons (Fsp3) is 0.214. The van der Waals surface area contributed by atoms with Crippen LogP contribution in [0.1, 0.15) is 22.2 Å². The molecule has 0 saturated carbocycles. The number of rotatable bonds is 3. The third-order valence-corrected chi connectivity index (χ3v) is 3.49. The molecule has 0 N–H and O–H groups in total. The molecular formula is C14H12Cl2FN. The van der Waals surface area contributed by atoms with Crippen LogP contribution < -0.4 is 0 Å². The number of hydrogen-bond donors (Lipinski definition) is 0. The zero-order valence-electron chi connectivity index (χ0n) is 9.83. The molecule has 0 aliphatic carbocycles. The molecule has 0 fully saturated rings. The maximum atomic E-state index is 13.1. The maximum absolute atomic E-state index is 13.1. The molecule has 2 rings (SSSR count). The van der Waals surface area contributed by atoms with Crippen molar-refractivity contribution in [1.82, 2.24) is 4.98 Å². The first-order valence-corrected chi connectivity index (χ1v) is 6.39. The maximum Gasteiger partial charge on any atom is 0.141 e. The summed E-state index contributed by atoms with van der Waals surface area (Å²) in [7, 11) is 0. The van der Waals surface area contributed by atoms with E-state index in [4.69, 9.17) is 23.2 Å². The van der Waals surface area contributed by atoms with Crippen molar-refractivity contribution in [2.75, 3.05) is 0 Å². The third kappa shape index (κ3) is 3.01. The van der Waals surface area contributed by atoms with Gasteiger partial charge in [0, 0.05) is 18.3 Å². The Morgan fingerprint density at radius 3 is 2.78 bits per heavy atom. The molecule has 0 saturated heterocycles. The number of nitrogens with zero attached hydrogens (tertiary/aromatic N) is 1. The van der Waals surface area contributed by atoms with Crippen LogP contribution in [0.5, 0.6) is 0 Å². The van der Waals surface area contributed by atoms with Gasteiger partial charge in [-0.25, -0.2) is 4.39 Å². The van der Waals surface area contributed by atoms with Crippen molar-refractivity contribution >= 4 is 23.2 Å². The van der Waals surface area contributed by atoms with Crippen molar-refractivity contribution in [3.8, 4) is 0 Å². The number of benzene rings is 1. The number of pyridine rings is 1. The van der Waals surface area contributed by atoms with Gasteiger partial charge >= 0.3 is 0 Å². The smallest absolute Gasteiger partial charge is 0.141 e. The zero-order chi connectivity index (χ0) is 13.1. The Bertz CT molecular complexity index is 557. The highest BCUT2D eigenvalue weighted by Crippen LogP contribution is 2.28. The van der Waals surface area contributed by atoms with E-state index in [1.807, 2.05) is 19.1 Å². The van der Waals surface area contributed by atoms with Gasteiger partial charge < -0.3 is 0 Å². The molecule has 0 aliphatic heterocycles. The fourth-order valence-corrected chi connectivity index (χ4v) is 2.20. The van der Waals surface area contributed by atoms with Crippen LogP contribution in [-0.4, -0.2) is 4.98 Å². The predicted octanol–water partition coefficient (Wildman–Crippen LogP) is 4.71. The van der Waals surface area contributed by atoms with Gasteiger partial charge in [-0.3, -0.25) is 4.98 Å². The van der Waals surface area contributed by atoms with Gasteiger partial charge in [0.1, 0.15) is 5.82 Å². The van der Waals surface area contributed by atoms with Crippen LogP contribution >= 0.6 is 23.2 Å². The number of hydrogen-bond acceptors (Lipinski definition) is 1. The minimum atomic E-state index is -0.432. The lowest BCUT2D eigenvalue weighted by Crippen LogP contribution is -2.00. The average molecular weight is 284 g/mol. The summed E-state index contributed by atoms with van der Waals surface area (Å²) < 4.78 is 13.1. The molecule has 1 aromatic heterocycles. The van der Waals surface area contributed by atoms with Crippen molar-refractivity contribution in [1.29, 1.82) is 0 Å². The van der Waals surface area contributed by atoms with Gasteiger partial charge in [0.05, 0.1) is 10.4 Å². The van der Waals surface area contributed by atoms with Crippen LogP contribution in [0.2, 0.25) is 5.02 Å². The molecule has 0 aliphatic rings. The van der Waals surface area contributed by atoms with Gasteiger partial charge in [-0.05, 0) is 36.2 Å². The first-order valence-electron chi connectivity index (χ1n) is 5.57. The summed E-state index contributed by atoms with van der Waals surface area (Å²) in [5.74, 6) is -0.432. The van der Waals surface area contributed by atoms with Crippen LogP contribution in [0.3, 0.4) is 0 Å². The summed E-state index contributed by atoms with van der Waals surface area (Å²) in [5.41, 5.74) is 2.84. The first-order chi connectivity index (χ1) is 8.58. The van der Waals surface area contributed by atoms with E-state index >= 15 is 0 Å². The molecule has 0 spiro atoms. The molecule has 1 unspecified atom stereocenters. The van der Waals surface area contributed by atoms with Gasteiger partial charge in [0.15, 0.2) is 0 Å². The van der Waals surface area contributed by atoms with Crippen molar-refractivity contribution in [3.05, 3.63) is 64.2 Å². The van der Waals surface area contributed by atoms with Gasteiger partial charge in [0.2, 0.25) is 0 Å². The highest BCUT2D eigenvalue weighted by molar-refractivity contribution is 6.31. The van der Waals surface area contributed by atoms with Crippen molar-refractivity contribution in [2.45, 2.75) is 18.7 Å². The lowest BCUT2D eigenvalue weighted by Gasteiger charge is -2.11. The Morgan fingerprint density at radius 1 is 1.33 bits per heavy atom. The summed E-state index contributed by atoms with van der Waals surface area (Å²) in [4.78, 5) is 4.29. The molecule has 2 aromatic rings. The Hall–Kier alpha value is -1.12. The molecule has 18 heavy (non-hydrogen) atoms. The van der Waals surface area contributed by atoms with Gasteiger partial charge in [-0.15, -0.1) is 11.6 Å². The topological polar surface area (TPSA) is 12.9 Å². The highest BCUT2D eigenvalue weighted by Gasteiger charge is 2.13. The molecule has 0 bridgehead atoms. The van der Waals surface area contributed by atoms with E-state index < -0.39 is 5.82 Å². The van der Waals surface area contributed by atoms with E-state index in [2.05, 4.69) is 4.98 Å². The van der Waals surface area contributed by atoms with Gasteiger partial charge in [-0.2, -0.15) is 0 Å². The van der Waals surface area contributed by atoms with Crippen molar-refractivity contribution < 1.29 is 4.39 Å². The summed E-state index contributed by atoms with van der Waals surface area (Å²) in [6.45, 7) is 1.99. The summed E-state index contributed by atoms with van der Waals surface area (Å²) in [6, 6.07) is 8.42. The summed E-state index contributed by atoms with van der Waals surface area (Å²) >= 11 is 12.1. The second kappa shape index (κ2) is 5.68. The zero-order valence-corrected chi connectivity index (χ0v) is 11.3. The molecule has 0 radical (unpaired) electrons. The van der Waals surface area contributed by atoms with Crippen LogP contribution in [0.15, 0.2) is 36.5 Å². The Labute approximate surface area is 116 Å². The fourth-order valence-electron chi connectivity index (χ4n) is 1.73. The van der Waals surface area contributed by atoms with Crippen LogP contribution in [0.25, 0.3) is 0 Å². The third-order valence-electron chi connectivity index (χ3n) is 2.80. The lowest BCUT2D eigenvalue weighted by atomic mass is 10.0. The Kier molecular flexibility index (Phi) is 4.20. The van der Waals surface area contributed by atoms with E-state index in [9.17, 15) is 4.39 Å². The lowest BCUT2D eigenvalue weighted by molar-refractivity contribution is 0.627. The van der Waals surface area contributed by atoms with Crippen molar-refractivity contribution in [2.24, 2.45) is 0 Å². The molecule has 1 heterocycles. The molecule has 4 heteroatoms. The monoisotopic (exact) mass is 283 g/mol. The van der Waals surface area contributed by atoms with E-state index in [0.29, 0.717) is 6.42 Å². The SMILES string of the molecule is Cc1cccnc1CC(Cl)c1ccc(F)c(Cl)c1. The van der Waals surface area contributed by atoms with Gasteiger partial charge in [-0.1, -0.05) is 23.7 Å². The highest BCUT2D eigenvalue weighted by atomic mass is 35.5. The number of aryl methyl sites for hydroxylation is 1. The minimum Gasteiger partial charge on any atom is -0.261 e. The second-order valence-electron chi connectivity index (χ2n) is 4.11. The van der Waals surface area contributed by atoms with Gasteiger partial charge in [0.25, 0.3) is 0 Å². The summed E-state index contributed by atoms with van der Waals surface area (Å²) in [5, 5.41) is -0.174. The number of halogens is 3. The molecule has 1 nitrogen and oxygen atoms in total. The first kappa shape index (κ1) is 13.3. The minimum absolute atomic E-state index is 0.0934. The molecule has 1 atom stereocenters. The van der Waals surface area contributed by atoms with Crippen molar-refractivity contribution in [3.63, 3.8) is 0 Å². The number of aromatic nitrogens is 1. The number of alkyl halides is 1. The summed E-state index contributed by atoms with van der Waals surface area (Å²) in [6.07, 6.45) is 2.33. The quantitative estimate of drug-likeness (QED) is 0.744. The van der Waals surface area contributed by atoms with Crippen LogP contribution in [-0.2, 0) is 6.42 Å². The van der Waals surface area contributed by atoms with E-state index in [1.54, 1.807) is 18.3 Å². The average Bonchev–Trinajstić information content (AvgIpc) is 2.35. The van der Waals surface area contributed by atoms with E-state index in [-0.39, 0.29) is 10.4 Å². The van der Waals surface area contributed by atoms with E-state index in [0.717, 1.165) is 16.8 Å². The standard InChI is InChI=1S/C14H12Cl2FN/c1-9-3-2-6-18-14(9)8-11(15)10-4-5-13(17)12(16)7-10/h2-7,11H,8H2,1H3. The van der Waals surface area contributed by atoms with E-state index in [1.165, 1.54) is 6.07 Å². The van der Waals surface area contributed by atoms with Crippen LogP contribution in [0, 0.1) is 12.7 Å².